The summed E-state index contributed by atoms with van der Waals surface area (Å²) in [6.45, 7) is 3.11. The van der Waals surface area contributed by atoms with Crippen LogP contribution >= 0.6 is 0 Å². The number of anilines is 1. The molecule has 7 nitrogen and oxygen atoms in total. The second kappa shape index (κ2) is 8.68. The van der Waals surface area contributed by atoms with Crippen molar-refractivity contribution in [3.8, 4) is 22.8 Å². The van der Waals surface area contributed by atoms with Gasteiger partial charge in [-0.15, -0.1) is 10.2 Å². The lowest BCUT2D eigenvalue weighted by molar-refractivity contribution is -0.135. The minimum Gasteiger partial charge on any atom is -0.493 e. The Balaban J connectivity index is 1.39. The predicted molar refractivity (Wildman–Crippen MR) is 111 cm³/mol. The van der Waals surface area contributed by atoms with Crippen molar-refractivity contribution in [3.63, 3.8) is 0 Å². The summed E-state index contributed by atoms with van der Waals surface area (Å²) < 4.78 is 10.7. The van der Waals surface area contributed by atoms with Crippen LogP contribution in [0.15, 0.2) is 30.3 Å². The number of nitrogens with zero attached hydrogens (tertiary/aromatic N) is 4. The molecular formula is C22H28N4O3. The molecule has 0 spiro atoms. The molecular weight excluding hydrogens is 368 g/mol. The van der Waals surface area contributed by atoms with Crippen LogP contribution in [-0.2, 0) is 4.79 Å². The number of piperazine rings is 1. The molecule has 2 aromatic rings. The molecule has 2 fully saturated rings. The summed E-state index contributed by atoms with van der Waals surface area (Å²) in [5.74, 6) is 2.80. The summed E-state index contributed by atoms with van der Waals surface area (Å²) in [6.07, 6.45) is 4.50. The van der Waals surface area contributed by atoms with E-state index in [4.69, 9.17) is 9.47 Å². The van der Waals surface area contributed by atoms with E-state index in [1.165, 1.54) is 12.8 Å². The van der Waals surface area contributed by atoms with Gasteiger partial charge in [-0.3, -0.25) is 4.79 Å². The van der Waals surface area contributed by atoms with Gasteiger partial charge in [-0.2, -0.15) is 0 Å². The average molecular weight is 396 g/mol. The zero-order chi connectivity index (χ0) is 20.2. The number of benzene rings is 1. The number of ether oxygens (including phenoxy) is 2. The number of amides is 1. The Hall–Kier alpha value is -2.83. The fourth-order valence-corrected chi connectivity index (χ4v) is 4.23. The molecule has 1 saturated heterocycles. The molecule has 0 atom stereocenters. The maximum atomic E-state index is 12.6. The van der Waals surface area contributed by atoms with Crippen molar-refractivity contribution in [2.75, 3.05) is 45.3 Å². The molecule has 29 heavy (non-hydrogen) atoms. The van der Waals surface area contributed by atoms with Gasteiger partial charge in [-0.05, 0) is 43.2 Å². The molecule has 1 aromatic heterocycles. The number of carbonyl (C=O) groups excluding carboxylic acids is 1. The zero-order valence-electron chi connectivity index (χ0n) is 17.1. The average Bonchev–Trinajstić information content (AvgIpc) is 3.33. The molecule has 4 rings (SSSR count). The third-order valence-corrected chi connectivity index (χ3v) is 5.95. The molecule has 7 heteroatoms. The molecule has 0 unspecified atom stereocenters. The van der Waals surface area contributed by atoms with Crippen LogP contribution < -0.4 is 14.4 Å². The minimum atomic E-state index is 0.252. The van der Waals surface area contributed by atoms with E-state index >= 15 is 0 Å². The van der Waals surface area contributed by atoms with Crippen molar-refractivity contribution in [1.82, 2.24) is 15.1 Å². The summed E-state index contributed by atoms with van der Waals surface area (Å²) in [4.78, 5) is 16.8. The summed E-state index contributed by atoms with van der Waals surface area (Å²) in [6, 6.07) is 9.67. The lowest BCUT2D eigenvalue weighted by Crippen LogP contribution is -2.50. The van der Waals surface area contributed by atoms with Crippen molar-refractivity contribution in [2.45, 2.75) is 25.7 Å². The minimum absolute atomic E-state index is 0.252. The summed E-state index contributed by atoms with van der Waals surface area (Å²) >= 11 is 0. The van der Waals surface area contributed by atoms with Crippen LogP contribution in [0, 0.1) is 5.92 Å². The molecule has 0 bridgehead atoms. The number of hydrogen-bond acceptors (Lipinski definition) is 6. The molecule has 1 aliphatic heterocycles. The van der Waals surface area contributed by atoms with Crippen LogP contribution in [0.25, 0.3) is 11.3 Å². The van der Waals surface area contributed by atoms with Gasteiger partial charge in [0.05, 0.1) is 19.9 Å². The zero-order valence-corrected chi connectivity index (χ0v) is 17.1. The Morgan fingerprint density at radius 1 is 0.931 bits per heavy atom. The van der Waals surface area contributed by atoms with E-state index in [1.54, 1.807) is 14.2 Å². The van der Waals surface area contributed by atoms with Gasteiger partial charge in [0.1, 0.15) is 0 Å². The smallest absolute Gasteiger partial charge is 0.225 e. The highest BCUT2D eigenvalue weighted by molar-refractivity contribution is 5.79. The molecule has 0 N–H and O–H groups in total. The molecule has 154 valence electrons. The van der Waals surface area contributed by atoms with E-state index in [9.17, 15) is 4.79 Å². The van der Waals surface area contributed by atoms with Gasteiger partial charge in [0.15, 0.2) is 17.3 Å². The van der Waals surface area contributed by atoms with Gasteiger partial charge in [-0.25, -0.2) is 0 Å². The molecule has 2 aliphatic rings. The van der Waals surface area contributed by atoms with E-state index in [1.807, 2.05) is 35.2 Å². The first kappa shape index (κ1) is 19.5. The predicted octanol–water partition coefficient (Wildman–Crippen LogP) is 3.00. The van der Waals surface area contributed by atoms with E-state index < -0.39 is 0 Å². The third kappa shape index (κ3) is 4.13. The molecule has 0 radical (unpaired) electrons. The quantitative estimate of drug-likeness (QED) is 0.774. The second-order valence-electron chi connectivity index (χ2n) is 7.64. The Labute approximate surface area is 171 Å². The second-order valence-corrected chi connectivity index (χ2v) is 7.64. The van der Waals surface area contributed by atoms with Crippen molar-refractivity contribution in [1.29, 1.82) is 0 Å². The molecule has 2 heterocycles. The first-order chi connectivity index (χ1) is 14.2. The Kier molecular flexibility index (Phi) is 5.83. The van der Waals surface area contributed by atoms with Crippen LogP contribution in [0.2, 0.25) is 0 Å². The topological polar surface area (TPSA) is 67.8 Å². The monoisotopic (exact) mass is 396 g/mol. The van der Waals surface area contributed by atoms with Crippen LogP contribution in [0.3, 0.4) is 0 Å². The van der Waals surface area contributed by atoms with Crippen molar-refractivity contribution in [3.05, 3.63) is 30.3 Å². The van der Waals surface area contributed by atoms with Crippen molar-refractivity contribution < 1.29 is 14.3 Å². The van der Waals surface area contributed by atoms with Crippen molar-refractivity contribution in [2.24, 2.45) is 5.92 Å². The van der Waals surface area contributed by atoms with Gasteiger partial charge in [-0.1, -0.05) is 12.8 Å². The SMILES string of the molecule is COc1ccc(-c2ccc(N3CCN(C(=O)C4CCCC4)CC3)nn2)cc1OC. The number of methoxy groups -OCH3 is 2. The van der Waals surface area contributed by atoms with Crippen LogP contribution in [0.5, 0.6) is 11.5 Å². The van der Waals surface area contributed by atoms with E-state index in [0.717, 1.165) is 56.1 Å². The summed E-state index contributed by atoms with van der Waals surface area (Å²) in [5, 5.41) is 8.83. The van der Waals surface area contributed by atoms with E-state index in [-0.39, 0.29) is 5.92 Å². The highest BCUT2D eigenvalue weighted by Crippen LogP contribution is 2.32. The standard InChI is InChI=1S/C22H28N4O3/c1-28-19-9-7-17(15-20(19)29-2)18-8-10-21(24-23-18)25-11-13-26(14-12-25)22(27)16-5-3-4-6-16/h7-10,15-16H,3-6,11-14H2,1-2H3. The number of carbonyl (C=O) groups is 1. The number of aromatic nitrogens is 2. The molecule has 1 aromatic carbocycles. The molecule has 1 amide bonds. The van der Waals surface area contributed by atoms with Gasteiger partial charge in [0.25, 0.3) is 0 Å². The fourth-order valence-electron chi connectivity index (χ4n) is 4.23. The highest BCUT2D eigenvalue weighted by atomic mass is 16.5. The first-order valence-electron chi connectivity index (χ1n) is 10.3. The number of rotatable bonds is 5. The maximum absolute atomic E-state index is 12.6. The van der Waals surface area contributed by atoms with E-state index in [2.05, 4.69) is 15.1 Å². The Bertz CT molecular complexity index is 842. The van der Waals surface area contributed by atoms with Crippen LogP contribution in [-0.4, -0.2) is 61.4 Å². The first-order valence-corrected chi connectivity index (χ1v) is 10.3. The molecule has 1 aliphatic carbocycles. The third-order valence-electron chi connectivity index (χ3n) is 5.95. The largest absolute Gasteiger partial charge is 0.493 e. The molecule has 1 saturated carbocycles. The van der Waals surface area contributed by atoms with Crippen molar-refractivity contribution >= 4 is 11.7 Å². The van der Waals surface area contributed by atoms with Gasteiger partial charge in [0.2, 0.25) is 5.91 Å². The van der Waals surface area contributed by atoms with Crippen LogP contribution in [0.1, 0.15) is 25.7 Å². The number of hydrogen-bond donors (Lipinski definition) is 0. The highest BCUT2D eigenvalue weighted by Gasteiger charge is 2.29. The van der Waals surface area contributed by atoms with E-state index in [0.29, 0.717) is 17.4 Å². The Morgan fingerprint density at radius 2 is 1.66 bits per heavy atom. The lowest BCUT2D eigenvalue weighted by atomic mass is 10.1. The van der Waals surface area contributed by atoms with Gasteiger partial charge >= 0.3 is 0 Å². The lowest BCUT2D eigenvalue weighted by Gasteiger charge is -2.36. The maximum Gasteiger partial charge on any atom is 0.225 e. The summed E-state index contributed by atoms with van der Waals surface area (Å²) in [5.41, 5.74) is 1.71. The van der Waals surface area contributed by atoms with Gasteiger partial charge < -0.3 is 19.3 Å². The van der Waals surface area contributed by atoms with Crippen LogP contribution in [0.4, 0.5) is 5.82 Å². The van der Waals surface area contributed by atoms with Gasteiger partial charge in [0, 0.05) is 37.7 Å². The summed E-state index contributed by atoms with van der Waals surface area (Å²) in [7, 11) is 3.24. The Morgan fingerprint density at radius 3 is 2.28 bits per heavy atom. The normalized spacial score (nSPS) is 17.4. The fraction of sp³-hybridized carbons (Fsp3) is 0.500.